The molecule has 1 fully saturated rings. The zero-order valence-electron chi connectivity index (χ0n) is 21.3. The summed E-state index contributed by atoms with van der Waals surface area (Å²) in [4.78, 5) is 26.5. The minimum absolute atomic E-state index is 0.0343. The van der Waals surface area contributed by atoms with E-state index in [0.29, 0.717) is 6.61 Å². The molecule has 1 aromatic heterocycles. The van der Waals surface area contributed by atoms with Gasteiger partial charge in [0.1, 0.15) is 0 Å². The van der Waals surface area contributed by atoms with E-state index in [-0.39, 0.29) is 22.6 Å². The van der Waals surface area contributed by atoms with Crippen molar-refractivity contribution in [2.24, 2.45) is 5.92 Å². The summed E-state index contributed by atoms with van der Waals surface area (Å²) in [7, 11) is -4.30. The van der Waals surface area contributed by atoms with E-state index in [1.807, 2.05) is 0 Å². The third-order valence-corrected chi connectivity index (χ3v) is 16.5. The number of aliphatic hydroxyl groups is 1. The van der Waals surface area contributed by atoms with Crippen LogP contribution in [0.2, 0.25) is 36.3 Å². The lowest BCUT2D eigenvalue weighted by Crippen LogP contribution is -2.49. The van der Waals surface area contributed by atoms with Crippen LogP contribution in [-0.4, -0.2) is 56.7 Å². The molecule has 0 bridgehead atoms. The van der Waals surface area contributed by atoms with Crippen LogP contribution in [0.25, 0.3) is 0 Å². The molecular formula is C22H42N2O6Si2. The van der Waals surface area contributed by atoms with Gasteiger partial charge < -0.3 is 18.7 Å². The Hall–Kier alpha value is -1.05. The molecule has 2 N–H and O–H groups in total. The van der Waals surface area contributed by atoms with Crippen LogP contribution in [0, 0.1) is 5.92 Å². The third-order valence-electron chi connectivity index (χ3n) is 7.48. The van der Waals surface area contributed by atoms with Gasteiger partial charge in [0.05, 0.1) is 25.4 Å². The number of H-pyrrole nitrogens is 1. The molecule has 4 atom stereocenters. The first-order valence-corrected chi connectivity index (χ1v) is 17.1. The lowest BCUT2D eigenvalue weighted by atomic mass is 9.99. The van der Waals surface area contributed by atoms with Crippen LogP contribution in [0.4, 0.5) is 0 Å². The molecule has 1 aliphatic heterocycles. The third kappa shape index (κ3) is 5.71. The van der Waals surface area contributed by atoms with Crippen molar-refractivity contribution in [3.05, 3.63) is 33.1 Å². The smallest absolute Gasteiger partial charge is 0.330 e. The summed E-state index contributed by atoms with van der Waals surface area (Å²) in [6, 6.07) is 1.29. The Morgan fingerprint density at radius 2 is 1.62 bits per heavy atom. The van der Waals surface area contributed by atoms with Crippen molar-refractivity contribution in [2.75, 3.05) is 13.2 Å². The van der Waals surface area contributed by atoms with Crippen LogP contribution in [-0.2, 0) is 13.6 Å². The molecule has 1 aliphatic rings. The molecule has 10 heteroatoms. The normalized spacial score (nSPS) is 25.3. The number of nitrogens with zero attached hydrogens (tertiary/aromatic N) is 1. The standard InChI is InChI=1S/C22H42N2O6Si2/c1-21(2,3)31(7,8)28-14-16-15(13-25)18(30-32(9,10)22(4,5)6)19(29-16)24-12-11-17(26)23-20(24)27/h11-12,15-16,18-19,25H,13-14H2,1-10H3,(H,23,26,27)/t15-,16+,18+,19+/m0/s1. The van der Waals surface area contributed by atoms with E-state index < -0.39 is 46.3 Å². The Morgan fingerprint density at radius 3 is 2.09 bits per heavy atom. The van der Waals surface area contributed by atoms with E-state index in [1.165, 1.54) is 16.8 Å². The van der Waals surface area contributed by atoms with Crippen molar-refractivity contribution >= 4 is 16.6 Å². The van der Waals surface area contributed by atoms with E-state index in [0.717, 1.165) is 0 Å². The molecule has 1 aromatic rings. The van der Waals surface area contributed by atoms with Crippen LogP contribution in [0.15, 0.2) is 21.9 Å². The molecule has 2 rings (SSSR count). The summed E-state index contributed by atoms with van der Waals surface area (Å²) in [6.45, 7) is 21.7. The topological polar surface area (TPSA) is 103 Å². The van der Waals surface area contributed by atoms with E-state index in [4.69, 9.17) is 13.6 Å². The number of aromatic nitrogens is 2. The Labute approximate surface area is 193 Å². The molecule has 0 spiro atoms. The Kier molecular flexibility index (Phi) is 7.91. The molecule has 32 heavy (non-hydrogen) atoms. The lowest BCUT2D eigenvalue weighted by Gasteiger charge is -2.40. The quantitative estimate of drug-likeness (QED) is 0.572. The van der Waals surface area contributed by atoms with Gasteiger partial charge in [-0.15, -0.1) is 0 Å². The highest BCUT2D eigenvalue weighted by Crippen LogP contribution is 2.44. The second-order valence-corrected chi connectivity index (χ2v) is 21.4. The number of aromatic amines is 1. The molecule has 0 radical (unpaired) electrons. The number of ether oxygens (including phenoxy) is 1. The van der Waals surface area contributed by atoms with Gasteiger partial charge in [-0.25, -0.2) is 4.79 Å². The second kappa shape index (κ2) is 9.30. The molecule has 184 valence electrons. The molecule has 0 saturated carbocycles. The van der Waals surface area contributed by atoms with Gasteiger partial charge in [-0.2, -0.15) is 0 Å². The number of aliphatic hydroxyl groups excluding tert-OH is 1. The molecule has 0 unspecified atom stereocenters. The van der Waals surface area contributed by atoms with Crippen molar-refractivity contribution in [2.45, 2.75) is 96.2 Å². The van der Waals surface area contributed by atoms with Crippen LogP contribution in [0.3, 0.4) is 0 Å². The highest BCUT2D eigenvalue weighted by molar-refractivity contribution is 6.74. The van der Waals surface area contributed by atoms with Gasteiger partial charge in [-0.3, -0.25) is 14.3 Å². The van der Waals surface area contributed by atoms with Crippen molar-refractivity contribution in [1.82, 2.24) is 9.55 Å². The van der Waals surface area contributed by atoms with Gasteiger partial charge >= 0.3 is 5.69 Å². The first-order chi connectivity index (χ1) is 14.4. The van der Waals surface area contributed by atoms with E-state index in [9.17, 15) is 14.7 Å². The lowest BCUT2D eigenvalue weighted by molar-refractivity contribution is -0.0499. The fraction of sp³-hybridized carbons (Fsp3) is 0.818. The summed E-state index contributed by atoms with van der Waals surface area (Å²) in [6.07, 6.45) is -0.317. The largest absolute Gasteiger partial charge is 0.414 e. The zero-order valence-corrected chi connectivity index (χ0v) is 23.3. The van der Waals surface area contributed by atoms with Gasteiger partial charge in [-0.05, 0) is 36.3 Å². The van der Waals surface area contributed by atoms with Crippen molar-refractivity contribution in [3.8, 4) is 0 Å². The van der Waals surface area contributed by atoms with E-state index >= 15 is 0 Å². The number of rotatable bonds is 7. The minimum atomic E-state index is -2.26. The minimum Gasteiger partial charge on any atom is -0.414 e. The van der Waals surface area contributed by atoms with Gasteiger partial charge in [0.2, 0.25) is 0 Å². The summed E-state index contributed by atoms with van der Waals surface area (Å²) >= 11 is 0. The maximum absolute atomic E-state index is 12.6. The van der Waals surface area contributed by atoms with Gasteiger partial charge in [0.15, 0.2) is 22.9 Å². The number of nitrogens with one attached hydrogen (secondary N) is 1. The van der Waals surface area contributed by atoms with E-state index in [1.54, 1.807) is 0 Å². The van der Waals surface area contributed by atoms with Crippen LogP contribution >= 0.6 is 0 Å². The number of hydrogen-bond donors (Lipinski definition) is 2. The van der Waals surface area contributed by atoms with Gasteiger partial charge in [0.25, 0.3) is 5.56 Å². The predicted molar refractivity (Wildman–Crippen MR) is 131 cm³/mol. The Bertz CT molecular complexity index is 897. The number of hydrogen-bond acceptors (Lipinski definition) is 6. The van der Waals surface area contributed by atoms with Crippen LogP contribution in [0.1, 0.15) is 47.8 Å². The molecule has 0 aliphatic carbocycles. The van der Waals surface area contributed by atoms with Crippen molar-refractivity contribution < 1.29 is 18.7 Å². The molecule has 0 amide bonds. The fourth-order valence-corrected chi connectivity index (χ4v) is 5.53. The monoisotopic (exact) mass is 486 g/mol. The van der Waals surface area contributed by atoms with Gasteiger partial charge in [-0.1, -0.05) is 41.5 Å². The maximum Gasteiger partial charge on any atom is 0.330 e. The van der Waals surface area contributed by atoms with Crippen LogP contribution < -0.4 is 11.2 Å². The summed E-state index contributed by atoms with van der Waals surface area (Å²) in [5.41, 5.74) is -1.03. The Morgan fingerprint density at radius 1 is 1.06 bits per heavy atom. The first-order valence-electron chi connectivity index (χ1n) is 11.3. The van der Waals surface area contributed by atoms with E-state index in [2.05, 4.69) is 72.7 Å². The molecular weight excluding hydrogens is 444 g/mol. The second-order valence-electron chi connectivity index (χ2n) is 11.8. The maximum atomic E-state index is 12.6. The van der Waals surface area contributed by atoms with Crippen molar-refractivity contribution in [1.29, 1.82) is 0 Å². The summed E-state index contributed by atoms with van der Waals surface area (Å²) < 4.78 is 20.8. The van der Waals surface area contributed by atoms with Crippen LogP contribution in [0.5, 0.6) is 0 Å². The summed E-state index contributed by atoms with van der Waals surface area (Å²) in [5.74, 6) is -0.363. The van der Waals surface area contributed by atoms with Gasteiger partial charge in [0, 0.05) is 18.2 Å². The molecule has 8 nitrogen and oxygen atoms in total. The fourth-order valence-electron chi connectivity index (χ4n) is 3.19. The predicted octanol–water partition coefficient (Wildman–Crippen LogP) is 3.45. The average Bonchev–Trinajstić information content (AvgIpc) is 2.94. The zero-order chi connectivity index (χ0) is 24.7. The van der Waals surface area contributed by atoms with Crippen molar-refractivity contribution in [3.63, 3.8) is 0 Å². The molecule has 2 heterocycles. The molecule has 0 aromatic carbocycles. The molecule has 1 saturated heterocycles. The first kappa shape index (κ1) is 27.2. The summed E-state index contributed by atoms with van der Waals surface area (Å²) in [5, 5.41) is 10.3. The Balaban J connectivity index is 2.43. The highest BCUT2D eigenvalue weighted by atomic mass is 28.4. The average molecular weight is 487 g/mol. The SMILES string of the molecule is CC(C)(C)[Si](C)(C)OC[C@H]1O[C@@H](n2ccc(=O)[nH]c2=O)[C@H](O[Si](C)(C)C(C)(C)C)[C@H]1CO. The highest BCUT2D eigenvalue weighted by Gasteiger charge is 2.51.